The molecule has 1 aromatic heterocycles. The van der Waals surface area contributed by atoms with Crippen LogP contribution in [0.1, 0.15) is 26.2 Å². The van der Waals surface area contributed by atoms with Gasteiger partial charge in [-0.15, -0.1) is 0 Å². The Hall–Kier alpha value is -0.760. The van der Waals surface area contributed by atoms with Gasteiger partial charge in [0, 0.05) is 13.2 Å². The topological polar surface area (TPSA) is 92.2 Å². The van der Waals surface area contributed by atoms with Crippen molar-refractivity contribution in [1.82, 2.24) is 14.7 Å². The lowest BCUT2D eigenvalue weighted by Crippen LogP contribution is -2.30. The zero-order valence-electron chi connectivity index (χ0n) is 10.7. The minimum atomic E-state index is -3.62. The summed E-state index contributed by atoms with van der Waals surface area (Å²) in [6.07, 6.45) is 4.71. The van der Waals surface area contributed by atoms with Gasteiger partial charge in [-0.3, -0.25) is 0 Å². The van der Waals surface area contributed by atoms with E-state index >= 15 is 0 Å². The van der Waals surface area contributed by atoms with Gasteiger partial charge in [-0.1, -0.05) is 13.3 Å². The van der Waals surface area contributed by atoms with E-state index in [-0.39, 0.29) is 22.7 Å². The molecule has 1 aromatic rings. The number of aliphatic hydroxyl groups is 1. The number of sulfonamides is 1. The predicted molar refractivity (Wildman–Crippen MR) is 72.3 cm³/mol. The van der Waals surface area contributed by atoms with Gasteiger partial charge in [0.25, 0.3) is 0 Å². The molecule has 0 saturated carbocycles. The molecule has 0 bridgehead atoms. The largest absolute Gasteiger partial charge is 0.396 e. The van der Waals surface area contributed by atoms with Crippen molar-refractivity contribution < 1.29 is 13.5 Å². The average molecular weight is 308 g/mol. The molecule has 0 aliphatic heterocycles. The molecule has 2 N–H and O–H groups in total. The third-order valence-electron chi connectivity index (χ3n) is 2.70. The summed E-state index contributed by atoms with van der Waals surface area (Å²) in [4.78, 5) is 7.26. The second-order valence-electron chi connectivity index (χ2n) is 4.21. The number of rotatable bonds is 8. The van der Waals surface area contributed by atoms with Crippen LogP contribution in [0.4, 0.5) is 0 Å². The summed E-state index contributed by atoms with van der Waals surface area (Å²) < 4.78 is 26.4. The molecule has 0 aromatic carbocycles. The molecule has 0 aliphatic carbocycles. The van der Waals surface area contributed by atoms with Gasteiger partial charge in [0.15, 0.2) is 0 Å². The van der Waals surface area contributed by atoms with Gasteiger partial charge >= 0.3 is 0 Å². The summed E-state index contributed by atoms with van der Waals surface area (Å²) in [5.74, 6) is 0.123. The molecule has 1 heterocycles. The zero-order valence-corrected chi connectivity index (χ0v) is 12.3. The van der Waals surface area contributed by atoms with Crippen molar-refractivity contribution in [2.45, 2.75) is 31.1 Å². The Balaban J connectivity index is 2.66. The Morgan fingerprint density at radius 2 is 2.00 bits per heavy atom. The molecule has 108 valence electrons. The van der Waals surface area contributed by atoms with E-state index in [1.54, 1.807) is 0 Å². The minimum absolute atomic E-state index is 0.00286. The van der Waals surface area contributed by atoms with Gasteiger partial charge in [0.1, 0.15) is 4.90 Å². The van der Waals surface area contributed by atoms with E-state index in [9.17, 15) is 8.42 Å². The molecule has 0 amide bonds. The first kappa shape index (κ1) is 16.3. The highest BCUT2D eigenvalue weighted by molar-refractivity contribution is 7.89. The fourth-order valence-corrected chi connectivity index (χ4v) is 2.79. The second-order valence-corrected chi connectivity index (χ2v) is 6.31. The Morgan fingerprint density at radius 1 is 1.37 bits per heavy atom. The van der Waals surface area contributed by atoms with E-state index < -0.39 is 10.0 Å². The summed E-state index contributed by atoms with van der Waals surface area (Å²) >= 11 is 5.51. The lowest BCUT2D eigenvalue weighted by atomic mass is 10.0. The Labute approximate surface area is 118 Å². The number of nitrogens with one attached hydrogen (secondary N) is 1. The smallest absolute Gasteiger partial charge is 0.243 e. The van der Waals surface area contributed by atoms with Crippen LogP contribution in [-0.2, 0) is 10.0 Å². The van der Waals surface area contributed by atoms with E-state index in [1.165, 1.54) is 12.4 Å². The molecule has 0 aliphatic rings. The molecule has 0 spiro atoms. The lowest BCUT2D eigenvalue weighted by Gasteiger charge is -2.15. The first-order valence-electron chi connectivity index (χ1n) is 6.07. The monoisotopic (exact) mass is 307 g/mol. The number of aromatic nitrogens is 2. The van der Waals surface area contributed by atoms with Crippen LogP contribution >= 0.6 is 11.6 Å². The number of hydrogen-bond donors (Lipinski definition) is 2. The van der Waals surface area contributed by atoms with Gasteiger partial charge in [0.2, 0.25) is 15.3 Å². The Bertz CT molecular complexity index is 472. The SMILES string of the molecule is CCCC(CCO)CNS(=O)(=O)c1cnc(Cl)nc1. The molecule has 1 rings (SSSR count). The fraction of sp³-hybridized carbons (Fsp3) is 0.636. The maximum atomic E-state index is 12.0. The normalized spacial score (nSPS) is 13.4. The number of halogens is 1. The first-order valence-corrected chi connectivity index (χ1v) is 7.93. The molecule has 1 atom stereocenters. The van der Waals surface area contributed by atoms with Gasteiger partial charge in [-0.2, -0.15) is 0 Å². The van der Waals surface area contributed by atoms with E-state index in [0.29, 0.717) is 13.0 Å². The molecule has 8 heteroatoms. The molecule has 0 fully saturated rings. The van der Waals surface area contributed by atoms with Crippen LogP contribution in [0.5, 0.6) is 0 Å². The number of hydrogen-bond acceptors (Lipinski definition) is 5. The molecule has 0 radical (unpaired) electrons. The minimum Gasteiger partial charge on any atom is -0.396 e. The highest BCUT2D eigenvalue weighted by Gasteiger charge is 2.17. The molecule has 6 nitrogen and oxygen atoms in total. The van der Waals surface area contributed by atoms with Gasteiger partial charge in [0.05, 0.1) is 12.4 Å². The summed E-state index contributed by atoms with van der Waals surface area (Å²) in [6.45, 7) is 2.36. The third-order valence-corrected chi connectivity index (χ3v) is 4.28. The predicted octanol–water partition coefficient (Wildman–Crippen LogP) is 1.21. The number of nitrogens with zero attached hydrogens (tertiary/aromatic N) is 2. The fourth-order valence-electron chi connectivity index (χ4n) is 1.69. The standard InChI is InChI=1S/C11H18ClN3O3S/c1-2-3-9(4-5-16)6-15-19(17,18)10-7-13-11(12)14-8-10/h7-9,15-16H,2-6H2,1H3. The van der Waals surface area contributed by atoms with Crippen LogP contribution in [0.2, 0.25) is 5.28 Å². The number of aliphatic hydroxyl groups excluding tert-OH is 1. The van der Waals surface area contributed by atoms with Crippen molar-refractivity contribution in [3.05, 3.63) is 17.7 Å². The summed E-state index contributed by atoms with van der Waals surface area (Å²) in [5.41, 5.74) is 0. The van der Waals surface area contributed by atoms with Crippen LogP contribution < -0.4 is 4.72 Å². The van der Waals surface area contributed by atoms with Crippen LogP contribution in [-0.4, -0.2) is 36.6 Å². The van der Waals surface area contributed by atoms with Crippen molar-refractivity contribution in [2.24, 2.45) is 5.92 Å². The van der Waals surface area contributed by atoms with Crippen molar-refractivity contribution in [3.63, 3.8) is 0 Å². The molecular formula is C11H18ClN3O3S. The average Bonchev–Trinajstić information content (AvgIpc) is 2.37. The Morgan fingerprint density at radius 3 is 2.53 bits per heavy atom. The van der Waals surface area contributed by atoms with Crippen LogP contribution in [0.3, 0.4) is 0 Å². The van der Waals surface area contributed by atoms with Gasteiger partial charge in [-0.05, 0) is 30.4 Å². The van der Waals surface area contributed by atoms with Crippen LogP contribution in [0, 0.1) is 5.92 Å². The highest BCUT2D eigenvalue weighted by Crippen LogP contribution is 2.12. The van der Waals surface area contributed by atoms with Crippen molar-refractivity contribution in [1.29, 1.82) is 0 Å². The van der Waals surface area contributed by atoms with Gasteiger partial charge < -0.3 is 5.11 Å². The van der Waals surface area contributed by atoms with Crippen LogP contribution in [0.15, 0.2) is 17.3 Å². The third kappa shape index (κ3) is 5.40. The summed E-state index contributed by atoms with van der Waals surface area (Å²) in [5, 5.41) is 8.93. The van der Waals surface area contributed by atoms with Crippen molar-refractivity contribution >= 4 is 21.6 Å². The Kier molecular flexibility index (Phi) is 6.64. The van der Waals surface area contributed by atoms with Crippen molar-refractivity contribution in [2.75, 3.05) is 13.2 Å². The van der Waals surface area contributed by atoms with E-state index in [4.69, 9.17) is 16.7 Å². The maximum Gasteiger partial charge on any atom is 0.243 e. The van der Waals surface area contributed by atoms with Gasteiger partial charge in [-0.25, -0.2) is 23.1 Å². The van der Waals surface area contributed by atoms with E-state index in [0.717, 1.165) is 12.8 Å². The van der Waals surface area contributed by atoms with Crippen LogP contribution in [0.25, 0.3) is 0 Å². The maximum absolute atomic E-state index is 12.0. The van der Waals surface area contributed by atoms with E-state index in [2.05, 4.69) is 14.7 Å². The van der Waals surface area contributed by atoms with E-state index in [1.807, 2.05) is 6.92 Å². The molecule has 0 saturated heterocycles. The quantitative estimate of drug-likeness (QED) is 0.704. The van der Waals surface area contributed by atoms with Crippen molar-refractivity contribution in [3.8, 4) is 0 Å². The second kappa shape index (κ2) is 7.74. The molecular weight excluding hydrogens is 290 g/mol. The zero-order chi connectivity index (χ0) is 14.3. The molecule has 1 unspecified atom stereocenters. The first-order chi connectivity index (χ1) is 8.99. The molecule has 19 heavy (non-hydrogen) atoms. The lowest BCUT2D eigenvalue weighted by molar-refractivity contribution is 0.251. The summed E-state index contributed by atoms with van der Waals surface area (Å²) in [7, 11) is -3.62. The highest BCUT2D eigenvalue weighted by atomic mass is 35.5. The summed E-state index contributed by atoms with van der Waals surface area (Å²) in [6, 6.07) is 0.